The van der Waals surface area contributed by atoms with Gasteiger partial charge in [0.05, 0.1) is 32.9 Å². The average molecular weight is 494 g/mol. The summed E-state index contributed by atoms with van der Waals surface area (Å²) in [6.45, 7) is 1.80. The number of para-hydroxylation sites is 1. The van der Waals surface area contributed by atoms with Crippen LogP contribution in [0.4, 0.5) is 18.9 Å². The molecule has 176 valence electrons. The zero-order chi connectivity index (χ0) is 24.6. The smallest absolute Gasteiger partial charge is 0.406 e. The molecular weight excluding hydrogens is 477 g/mol. The van der Waals surface area contributed by atoms with Crippen molar-refractivity contribution in [2.45, 2.75) is 13.3 Å². The Bertz CT molecular complexity index is 1500. The van der Waals surface area contributed by atoms with Crippen molar-refractivity contribution in [2.75, 3.05) is 5.32 Å². The van der Waals surface area contributed by atoms with Crippen molar-refractivity contribution in [1.29, 1.82) is 0 Å². The number of carbonyl (C=O) groups excluding carboxylic acids is 1. The van der Waals surface area contributed by atoms with E-state index in [1.165, 1.54) is 23.5 Å². The SMILES string of the molecule is Cc1nn(-c2ccccc2)c2nc(-c3cccs3)cc(C(=O)Nc3ccc(OC(F)(F)F)cc3)c12. The lowest BCUT2D eigenvalue weighted by atomic mass is 10.1. The quantitative estimate of drug-likeness (QED) is 0.299. The van der Waals surface area contributed by atoms with Gasteiger partial charge in [0.15, 0.2) is 5.65 Å². The molecule has 5 aromatic rings. The van der Waals surface area contributed by atoms with Crippen LogP contribution in [0.25, 0.3) is 27.3 Å². The molecule has 0 aliphatic carbocycles. The van der Waals surface area contributed by atoms with Gasteiger partial charge in [-0.05, 0) is 60.8 Å². The number of anilines is 1. The molecule has 1 N–H and O–H groups in total. The minimum absolute atomic E-state index is 0.320. The number of aromatic nitrogens is 3. The van der Waals surface area contributed by atoms with E-state index in [-0.39, 0.29) is 5.75 Å². The molecule has 35 heavy (non-hydrogen) atoms. The van der Waals surface area contributed by atoms with E-state index in [9.17, 15) is 18.0 Å². The summed E-state index contributed by atoms with van der Waals surface area (Å²) in [5, 5.41) is 9.89. The van der Waals surface area contributed by atoms with Gasteiger partial charge in [-0.1, -0.05) is 24.3 Å². The van der Waals surface area contributed by atoms with Crippen LogP contribution in [0.3, 0.4) is 0 Å². The highest BCUT2D eigenvalue weighted by Gasteiger charge is 2.31. The van der Waals surface area contributed by atoms with Gasteiger partial charge < -0.3 is 10.1 Å². The zero-order valence-electron chi connectivity index (χ0n) is 18.2. The molecule has 1 amide bonds. The first-order valence-electron chi connectivity index (χ1n) is 10.5. The van der Waals surface area contributed by atoms with Crippen molar-refractivity contribution >= 4 is 34.0 Å². The molecule has 6 nitrogen and oxygen atoms in total. The fourth-order valence-electron chi connectivity index (χ4n) is 3.71. The number of nitrogens with zero attached hydrogens (tertiary/aromatic N) is 3. The number of hydrogen-bond donors (Lipinski definition) is 1. The monoisotopic (exact) mass is 494 g/mol. The molecule has 10 heteroatoms. The first kappa shape index (κ1) is 22.6. The Balaban J connectivity index is 1.57. The summed E-state index contributed by atoms with van der Waals surface area (Å²) in [6.07, 6.45) is -4.79. The van der Waals surface area contributed by atoms with Crippen LogP contribution < -0.4 is 10.1 Å². The number of amides is 1. The van der Waals surface area contributed by atoms with E-state index >= 15 is 0 Å². The largest absolute Gasteiger partial charge is 0.573 e. The van der Waals surface area contributed by atoms with Crippen LogP contribution in [0.1, 0.15) is 16.1 Å². The second kappa shape index (κ2) is 8.88. The highest BCUT2D eigenvalue weighted by Crippen LogP contribution is 2.31. The molecule has 0 fully saturated rings. The molecule has 0 bridgehead atoms. The predicted molar refractivity (Wildman–Crippen MR) is 128 cm³/mol. The maximum absolute atomic E-state index is 13.4. The number of rotatable bonds is 5. The van der Waals surface area contributed by atoms with Crippen LogP contribution in [0, 0.1) is 6.92 Å². The molecule has 2 aromatic carbocycles. The third kappa shape index (κ3) is 4.73. The van der Waals surface area contributed by atoms with Gasteiger partial charge in [-0.25, -0.2) is 9.67 Å². The lowest BCUT2D eigenvalue weighted by Crippen LogP contribution is -2.17. The van der Waals surface area contributed by atoms with Gasteiger partial charge in [-0.15, -0.1) is 24.5 Å². The molecule has 0 unspecified atom stereocenters. The van der Waals surface area contributed by atoms with Crippen LogP contribution in [0.2, 0.25) is 0 Å². The number of carbonyl (C=O) groups is 1. The predicted octanol–water partition coefficient (Wildman–Crippen LogP) is 6.61. The molecule has 0 aliphatic heterocycles. The van der Waals surface area contributed by atoms with Gasteiger partial charge in [0, 0.05) is 5.69 Å². The van der Waals surface area contributed by atoms with Crippen molar-refractivity contribution in [3.8, 4) is 22.0 Å². The van der Waals surface area contributed by atoms with Gasteiger partial charge in [0.25, 0.3) is 5.91 Å². The Morgan fingerprint density at radius 3 is 2.43 bits per heavy atom. The van der Waals surface area contributed by atoms with Crippen molar-refractivity contribution in [2.24, 2.45) is 0 Å². The highest BCUT2D eigenvalue weighted by molar-refractivity contribution is 7.13. The van der Waals surface area contributed by atoms with E-state index < -0.39 is 12.3 Å². The van der Waals surface area contributed by atoms with Gasteiger partial charge in [0.2, 0.25) is 0 Å². The maximum Gasteiger partial charge on any atom is 0.573 e. The van der Waals surface area contributed by atoms with Gasteiger partial charge in [0.1, 0.15) is 5.75 Å². The summed E-state index contributed by atoms with van der Waals surface area (Å²) in [5.74, 6) is -0.808. The zero-order valence-corrected chi connectivity index (χ0v) is 19.0. The topological polar surface area (TPSA) is 69.0 Å². The van der Waals surface area contributed by atoms with E-state index in [0.717, 1.165) is 22.7 Å². The average Bonchev–Trinajstić information content (AvgIpc) is 3.48. The number of thiophene rings is 1. The number of benzene rings is 2. The van der Waals surface area contributed by atoms with E-state index in [1.54, 1.807) is 17.7 Å². The summed E-state index contributed by atoms with van der Waals surface area (Å²) in [6, 6.07) is 20.0. The summed E-state index contributed by atoms with van der Waals surface area (Å²) in [4.78, 5) is 19.1. The molecule has 3 heterocycles. The number of halogens is 3. The fourth-order valence-corrected chi connectivity index (χ4v) is 4.39. The second-order valence-corrected chi connectivity index (χ2v) is 8.54. The van der Waals surface area contributed by atoms with Crippen LogP contribution in [-0.2, 0) is 0 Å². The lowest BCUT2D eigenvalue weighted by Gasteiger charge is -2.11. The van der Waals surface area contributed by atoms with Crippen LogP contribution in [-0.4, -0.2) is 27.0 Å². The van der Waals surface area contributed by atoms with E-state index in [1.807, 2.05) is 47.8 Å². The van der Waals surface area contributed by atoms with Crippen LogP contribution >= 0.6 is 11.3 Å². The minimum Gasteiger partial charge on any atom is -0.406 e. The van der Waals surface area contributed by atoms with Crippen molar-refractivity contribution in [3.63, 3.8) is 0 Å². The molecule has 0 radical (unpaired) electrons. The molecule has 0 saturated heterocycles. The fraction of sp³-hybridized carbons (Fsp3) is 0.0800. The second-order valence-electron chi connectivity index (χ2n) is 7.59. The lowest BCUT2D eigenvalue weighted by molar-refractivity contribution is -0.274. The van der Waals surface area contributed by atoms with Crippen molar-refractivity contribution in [3.05, 3.63) is 89.4 Å². The number of ether oxygens (including phenoxy) is 1. The number of nitrogens with one attached hydrogen (secondary N) is 1. The summed E-state index contributed by atoms with van der Waals surface area (Å²) < 4.78 is 42.9. The minimum atomic E-state index is -4.79. The van der Waals surface area contributed by atoms with Crippen molar-refractivity contribution < 1.29 is 22.7 Å². The Labute approximate surface area is 201 Å². The Kier molecular flexibility index (Phi) is 5.73. The molecule has 3 aromatic heterocycles. The molecule has 0 spiro atoms. The maximum atomic E-state index is 13.4. The number of hydrogen-bond acceptors (Lipinski definition) is 5. The normalized spacial score (nSPS) is 11.5. The molecule has 5 rings (SSSR count). The Hall–Kier alpha value is -4.18. The van der Waals surface area contributed by atoms with E-state index in [0.29, 0.717) is 33.7 Å². The number of pyridine rings is 1. The first-order chi connectivity index (χ1) is 16.8. The highest BCUT2D eigenvalue weighted by atomic mass is 32.1. The number of aryl methyl sites for hydroxylation is 1. The third-order valence-electron chi connectivity index (χ3n) is 5.18. The Morgan fingerprint density at radius 1 is 1.03 bits per heavy atom. The molecule has 0 aliphatic rings. The van der Waals surface area contributed by atoms with E-state index in [4.69, 9.17) is 4.98 Å². The Morgan fingerprint density at radius 2 is 1.77 bits per heavy atom. The molecule has 0 atom stereocenters. The van der Waals surface area contributed by atoms with Gasteiger partial charge >= 0.3 is 6.36 Å². The van der Waals surface area contributed by atoms with Crippen LogP contribution in [0.5, 0.6) is 5.75 Å². The van der Waals surface area contributed by atoms with Gasteiger partial charge in [-0.3, -0.25) is 4.79 Å². The summed E-state index contributed by atoms with van der Waals surface area (Å²) >= 11 is 1.49. The van der Waals surface area contributed by atoms with Gasteiger partial charge in [-0.2, -0.15) is 5.10 Å². The summed E-state index contributed by atoms with van der Waals surface area (Å²) in [7, 11) is 0. The molecular formula is C25H17F3N4O2S. The van der Waals surface area contributed by atoms with E-state index in [2.05, 4.69) is 15.2 Å². The number of alkyl halides is 3. The van der Waals surface area contributed by atoms with Crippen LogP contribution in [0.15, 0.2) is 78.2 Å². The standard InChI is InChI=1S/C25H17F3N4O2S/c1-15-22-19(24(33)29-16-9-11-18(12-10-16)34-25(26,27)28)14-20(21-8-5-13-35-21)30-23(22)32(31-15)17-6-3-2-4-7-17/h2-14H,1H3,(H,29,33). The third-order valence-corrected chi connectivity index (χ3v) is 6.07. The molecule has 0 saturated carbocycles. The first-order valence-corrected chi connectivity index (χ1v) is 11.3. The van der Waals surface area contributed by atoms with Crippen molar-refractivity contribution in [1.82, 2.24) is 14.8 Å². The summed E-state index contributed by atoms with van der Waals surface area (Å²) in [5.41, 5.74) is 3.23. The number of fused-ring (bicyclic) bond motifs is 1.